The van der Waals surface area contributed by atoms with Gasteiger partial charge in [-0.2, -0.15) is 0 Å². The van der Waals surface area contributed by atoms with Crippen molar-refractivity contribution in [1.82, 2.24) is 0 Å². The van der Waals surface area contributed by atoms with Crippen LogP contribution >= 0.6 is 24.0 Å². The van der Waals surface area contributed by atoms with Gasteiger partial charge in [-0.05, 0) is 61.2 Å². The minimum atomic E-state index is -0.243. The van der Waals surface area contributed by atoms with Crippen LogP contribution in [0, 0.1) is 12.7 Å². The van der Waals surface area contributed by atoms with Crippen LogP contribution in [0.15, 0.2) is 47.4 Å². The number of thiocarbonyl (C=S) groups is 1. The lowest BCUT2D eigenvalue weighted by Gasteiger charge is -2.19. The van der Waals surface area contributed by atoms with Gasteiger partial charge in [-0.3, -0.25) is 9.69 Å². The molecule has 2 aliphatic heterocycles. The number of carbonyl (C=O) groups excluding carboxylic acids is 1. The molecular formula is C21H19FN2OS2. The Bertz CT molecular complexity index is 937. The summed E-state index contributed by atoms with van der Waals surface area (Å²) in [5, 5.41) is 0. The number of carbonyl (C=O) groups is 1. The van der Waals surface area contributed by atoms with E-state index in [-0.39, 0.29) is 11.7 Å². The SMILES string of the molecule is Cc1cc(N2CCCC2)c(F)cc1C=C1SC(=S)N(c2ccccc2)C1=O. The average Bonchev–Trinajstić information content (AvgIpc) is 3.27. The molecule has 0 atom stereocenters. The summed E-state index contributed by atoms with van der Waals surface area (Å²) in [5.74, 6) is -0.410. The number of halogens is 1. The summed E-state index contributed by atoms with van der Waals surface area (Å²) in [6, 6.07) is 12.7. The van der Waals surface area contributed by atoms with Crippen LogP contribution in [0.5, 0.6) is 0 Å². The van der Waals surface area contributed by atoms with Crippen LogP contribution in [0.25, 0.3) is 6.08 Å². The predicted molar refractivity (Wildman–Crippen MR) is 115 cm³/mol. The number of anilines is 2. The summed E-state index contributed by atoms with van der Waals surface area (Å²) >= 11 is 6.64. The molecule has 0 unspecified atom stereocenters. The van der Waals surface area contributed by atoms with E-state index < -0.39 is 0 Å². The van der Waals surface area contributed by atoms with Crippen molar-refractivity contribution in [2.45, 2.75) is 19.8 Å². The second-order valence-electron chi connectivity index (χ2n) is 6.71. The highest BCUT2D eigenvalue weighted by Crippen LogP contribution is 2.37. The second kappa shape index (κ2) is 7.44. The molecule has 0 saturated carbocycles. The molecule has 4 rings (SSSR count). The van der Waals surface area contributed by atoms with Crippen LogP contribution in [0.2, 0.25) is 0 Å². The Morgan fingerprint density at radius 2 is 1.85 bits per heavy atom. The van der Waals surface area contributed by atoms with E-state index in [2.05, 4.69) is 4.90 Å². The molecule has 0 aromatic heterocycles. The highest BCUT2D eigenvalue weighted by Gasteiger charge is 2.33. The van der Waals surface area contributed by atoms with E-state index in [0.717, 1.165) is 37.2 Å². The second-order valence-corrected chi connectivity index (χ2v) is 8.38. The normalized spacial score (nSPS) is 18.8. The number of amides is 1. The van der Waals surface area contributed by atoms with Gasteiger partial charge in [0.25, 0.3) is 5.91 Å². The molecule has 2 heterocycles. The number of hydrogen-bond donors (Lipinski definition) is 0. The lowest BCUT2D eigenvalue weighted by atomic mass is 10.1. The smallest absolute Gasteiger partial charge is 0.270 e. The molecule has 2 fully saturated rings. The van der Waals surface area contributed by atoms with E-state index in [9.17, 15) is 9.18 Å². The third kappa shape index (κ3) is 3.51. The largest absolute Gasteiger partial charge is 0.369 e. The zero-order valence-electron chi connectivity index (χ0n) is 14.9. The minimum Gasteiger partial charge on any atom is -0.369 e. The molecule has 2 aromatic carbocycles. The van der Waals surface area contributed by atoms with Crippen molar-refractivity contribution in [3.05, 3.63) is 64.3 Å². The molecule has 138 valence electrons. The van der Waals surface area contributed by atoms with Crippen molar-refractivity contribution < 1.29 is 9.18 Å². The number of para-hydroxylation sites is 1. The maximum Gasteiger partial charge on any atom is 0.270 e. The lowest BCUT2D eigenvalue weighted by Crippen LogP contribution is -2.27. The molecule has 6 heteroatoms. The van der Waals surface area contributed by atoms with Gasteiger partial charge in [0.15, 0.2) is 4.32 Å². The highest BCUT2D eigenvalue weighted by atomic mass is 32.2. The molecule has 2 saturated heterocycles. The van der Waals surface area contributed by atoms with Crippen molar-refractivity contribution in [2.24, 2.45) is 0 Å². The van der Waals surface area contributed by atoms with Gasteiger partial charge in [0.05, 0.1) is 16.3 Å². The third-order valence-corrected chi connectivity index (χ3v) is 6.18. The summed E-state index contributed by atoms with van der Waals surface area (Å²) in [6.45, 7) is 3.74. The highest BCUT2D eigenvalue weighted by molar-refractivity contribution is 8.27. The van der Waals surface area contributed by atoms with Gasteiger partial charge in [0.2, 0.25) is 0 Å². The predicted octanol–water partition coefficient (Wildman–Crippen LogP) is 5.14. The summed E-state index contributed by atoms with van der Waals surface area (Å²) in [4.78, 5) is 17.0. The van der Waals surface area contributed by atoms with Crippen molar-refractivity contribution in [3.8, 4) is 0 Å². The van der Waals surface area contributed by atoms with Gasteiger partial charge in [-0.25, -0.2) is 4.39 Å². The first kappa shape index (κ1) is 18.2. The molecule has 0 spiro atoms. The Hall–Kier alpha value is -2.18. The van der Waals surface area contributed by atoms with E-state index in [4.69, 9.17) is 12.2 Å². The molecule has 0 radical (unpaired) electrons. The molecule has 1 amide bonds. The van der Waals surface area contributed by atoms with Crippen molar-refractivity contribution in [1.29, 1.82) is 0 Å². The molecule has 3 nitrogen and oxygen atoms in total. The maximum absolute atomic E-state index is 14.7. The van der Waals surface area contributed by atoms with Gasteiger partial charge in [0.1, 0.15) is 5.82 Å². The lowest BCUT2D eigenvalue weighted by molar-refractivity contribution is -0.113. The number of hydrogen-bond acceptors (Lipinski definition) is 4. The van der Waals surface area contributed by atoms with Crippen molar-refractivity contribution in [2.75, 3.05) is 22.9 Å². The van der Waals surface area contributed by atoms with E-state index in [1.54, 1.807) is 6.08 Å². The van der Waals surface area contributed by atoms with Crippen LogP contribution in [0.4, 0.5) is 15.8 Å². The summed E-state index contributed by atoms with van der Waals surface area (Å²) in [7, 11) is 0. The fraction of sp³-hybridized carbons (Fsp3) is 0.238. The van der Waals surface area contributed by atoms with Gasteiger partial charge in [0, 0.05) is 13.1 Å². The monoisotopic (exact) mass is 398 g/mol. The van der Waals surface area contributed by atoms with E-state index in [1.165, 1.54) is 22.7 Å². The zero-order valence-corrected chi connectivity index (χ0v) is 16.6. The minimum absolute atomic E-state index is 0.167. The number of thioether (sulfide) groups is 1. The molecule has 2 aromatic rings. The zero-order chi connectivity index (χ0) is 19.0. The topological polar surface area (TPSA) is 23.6 Å². The number of aryl methyl sites for hydroxylation is 1. The number of nitrogens with zero attached hydrogens (tertiary/aromatic N) is 2. The molecular weight excluding hydrogens is 379 g/mol. The van der Waals surface area contributed by atoms with Gasteiger partial charge in [-0.1, -0.05) is 42.2 Å². The van der Waals surface area contributed by atoms with Gasteiger partial charge in [-0.15, -0.1) is 0 Å². The molecule has 0 aliphatic carbocycles. The Balaban J connectivity index is 1.65. The first-order valence-electron chi connectivity index (χ1n) is 8.93. The first-order valence-corrected chi connectivity index (χ1v) is 10.1. The fourth-order valence-electron chi connectivity index (χ4n) is 3.45. The molecule has 0 bridgehead atoms. The van der Waals surface area contributed by atoms with Crippen molar-refractivity contribution >= 4 is 51.7 Å². The third-order valence-electron chi connectivity index (χ3n) is 4.88. The average molecular weight is 399 g/mol. The van der Waals surface area contributed by atoms with E-state index in [1.807, 2.05) is 43.3 Å². The summed E-state index contributed by atoms with van der Waals surface area (Å²) in [5.41, 5.74) is 3.06. The quantitative estimate of drug-likeness (QED) is 0.528. The Kier molecular flexibility index (Phi) is 5.02. The van der Waals surface area contributed by atoms with Gasteiger partial charge < -0.3 is 4.90 Å². The Morgan fingerprint density at radius 1 is 1.15 bits per heavy atom. The molecule has 2 aliphatic rings. The Morgan fingerprint density at radius 3 is 2.56 bits per heavy atom. The fourth-order valence-corrected chi connectivity index (χ4v) is 4.74. The summed E-state index contributed by atoms with van der Waals surface area (Å²) < 4.78 is 15.2. The maximum atomic E-state index is 14.7. The number of benzene rings is 2. The van der Waals surface area contributed by atoms with E-state index in [0.29, 0.717) is 20.5 Å². The molecule has 27 heavy (non-hydrogen) atoms. The molecule has 0 N–H and O–H groups in total. The van der Waals surface area contributed by atoms with Gasteiger partial charge >= 0.3 is 0 Å². The Labute approximate surface area is 167 Å². The van der Waals surface area contributed by atoms with Crippen LogP contribution in [-0.4, -0.2) is 23.3 Å². The first-order chi connectivity index (χ1) is 13.0. The number of rotatable bonds is 3. The van der Waals surface area contributed by atoms with Crippen LogP contribution in [0.3, 0.4) is 0 Å². The van der Waals surface area contributed by atoms with Crippen LogP contribution in [0.1, 0.15) is 24.0 Å². The van der Waals surface area contributed by atoms with Crippen LogP contribution in [-0.2, 0) is 4.79 Å². The van der Waals surface area contributed by atoms with Crippen LogP contribution < -0.4 is 9.80 Å². The summed E-state index contributed by atoms with van der Waals surface area (Å²) in [6.07, 6.45) is 3.94. The van der Waals surface area contributed by atoms with Crippen molar-refractivity contribution in [3.63, 3.8) is 0 Å². The standard InChI is InChI=1S/C21H19FN2OS2/c1-14-11-18(23-9-5-6-10-23)17(22)12-15(14)13-19-20(25)24(21(26)27-19)16-7-3-2-4-8-16/h2-4,7-8,11-13H,5-6,9-10H2,1H3. The van der Waals surface area contributed by atoms with E-state index >= 15 is 0 Å².